The third kappa shape index (κ3) is 4.17. The van der Waals surface area contributed by atoms with Crippen LogP contribution in [-0.2, 0) is 9.53 Å². The number of nitro benzene ring substituents is 1. The van der Waals surface area contributed by atoms with Crippen LogP contribution in [0.25, 0.3) is 0 Å². The van der Waals surface area contributed by atoms with Gasteiger partial charge in [-0.15, -0.1) is 0 Å². The zero-order valence-corrected chi connectivity index (χ0v) is 12.6. The first-order valence-electron chi connectivity index (χ1n) is 7.35. The molecule has 0 aromatic heterocycles. The monoisotopic (exact) mass is 307 g/mol. The number of nitro groups is 1. The molecule has 1 atom stereocenters. The number of anilines is 1. The number of aryl methyl sites for hydroxylation is 1. The number of carbonyl (C=O) groups is 1. The highest BCUT2D eigenvalue weighted by atomic mass is 16.6. The van der Waals surface area contributed by atoms with Crippen LogP contribution >= 0.6 is 0 Å². The van der Waals surface area contributed by atoms with E-state index in [4.69, 9.17) is 10.5 Å². The molecule has 1 aromatic rings. The summed E-state index contributed by atoms with van der Waals surface area (Å²) in [6, 6.07) is 4.68. The summed E-state index contributed by atoms with van der Waals surface area (Å²) in [7, 11) is 0. The van der Waals surface area contributed by atoms with Crippen LogP contribution in [0.4, 0.5) is 11.4 Å². The van der Waals surface area contributed by atoms with Crippen LogP contribution in [0.5, 0.6) is 0 Å². The first-order valence-corrected chi connectivity index (χ1v) is 7.35. The normalized spacial score (nSPS) is 17.0. The predicted octanol–water partition coefficient (Wildman–Crippen LogP) is 1.99. The van der Waals surface area contributed by atoms with Gasteiger partial charge in [0.15, 0.2) is 0 Å². The quantitative estimate of drug-likeness (QED) is 0.617. The lowest BCUT2D eigenvalue weighted by molar-refractivity contribution is -0.384. The van der Waals surface area contributed by atoms with Crippen molar-refractivity contribution in [1.82, 2.24) is 0 Å². The molecule has 3 N–H and O–H groups in total. The number of hydrogen-bond acceptors (Lipinski definition) is 5. The van der Waals surface area contributed by atoms with Crippen LogP contribution in [0.2, 0.25) is 0 Å². The Hall–Kier alpha value is -2.15. The fraction of sp³-hybridized carbons (Fsp3) is 0.533. The summed E-state index contributed by atoms with van der Waals surface area (Å²) in [5, 5.41) is 14.3. The van der Waals surface area contributed by atoms with Crippen molar-refractivity contribution < 1.29 is 14.5 Å². The lowest BCUT2D eigenvalue weighted by Crippen LogP contribution is -2.37. The number of carbonyl (C=O) groups excluding carboxylic acids is 1. The van der Waals surface area contributed by atoms with Gasteiger partial charge >= 0.3 is 0 Å². The first kappa shape index (κ1) is 16.2. The molecule has 7 heteroatoms. The van der Waals surface area contributed by atoms with E-state index in [1.807, 2.05) is 6.92 Å². The van der Waals surface area contributed by atoms with Gasteiger partial charge in [0.25, 0.3) is 5.69 Å². The Bertz CT molecular complexity index is 556. The topological polar surface area (TPSA) is 107 Å². The number of amides is 1. The molecule has 0 unspecified atom stereocenters. The van der Waals surface area contributed by atoms with Crippen molar-refractivity contribution in [2.75, 3.05) is 18.5 Å². The zero-order valence-electron chi connectivity index (χ0n) is 12.6. The summed E-state index contributed by atoms with van der Waals surface area (Å²) in [4.78, 5) is 22.1. The summed E-state index contributed by atoms with van der Waals surface area (Å²) < 4.78 is 5.33. The van der Waals surface area contributed by atoms with E-state index >= 15 is 0 Å². The van der Waals surface area contributed by atoms with E-state index < -0.39 is 10.8 Å². The van der Waals surface area contributed by atoms with E-state index in [1.54, 1.807) is 12.1 Å². The van der Waals surface area contributed by atoms with Crippen LogP contribution in [-0.4, -0.2) is 30.1 Å². The van der Waals surface area contributed by atoms with Gasteiger partial charge in [0, 0.05) is 31.7 Å². The number of rotatable bonds is 6. The lowest BCUT2D eigenvalue weighted by atomic mass is 9.89. The molecule has 0 spiro atoms. The average molecular weight is 307 g/mol. The van der Waals surface area contributed by atoms with Crippen molar-refractivity contribution in [3.05, 3.63) is 33.9 Å². The largest absolute Gasteiger partial charge is 0.381 e. The summed E-state index contributed by atoms with van der Waals surface area (Å²) >= 11 is 0. The zero-order chi connectivity index (χ0) is 16.1. The number of nitrogens with two attached hydrogens (primary N) is 1. The second-order valence-electron chi connectivity index (χ2n) is 5.65. The minimum atomic E-state index is -0.424. The molecule has 1 saturated heterocycles. The molecule has 1 fully saturated rings. The van der Waals surface area contributed by atoms with Gasteiger partial charge in [0.05, 0.1) is 4.92 Å². The Morgan fingerprint density at radius 1 is 1.50 bits per heavy atom. The second-order valence-corrected chi connectivity index (χ2v) is 5.65. The standard InChI is InChI=1S/C15H21N3O4/c1-10-2-3-14(18(20)21)13(8-10)17-12(9-15(16)19)11-4-6-22-7-5-11/h2-3,8,11-12,17H,4-7,9H2,1H3,(H2,16,19)/t12-/m0/s1. The summed E-state index contributed by atoms with van der Waals surface area (Å²) in [5.41, 5.74) is 6.69. The number of ether oxygens (including phenoxy) is 1. The van der Waals surface area contributed by atoms with Gasteiger partial charge in [-0.2, -0.15) is 0 Å². The lowest BCUT2D eigenvalue weighted by Gasteiger charge is -2.31. The van der Waals surface area contributed by atoms with Crippen LogP contribution in [0.1, 0.15) is 24.8 Å². The third-order valence-corrected chi connectivity index (χ3v) is 3.95. The third-order valence-electron chi connectivity index (χ3n) is 3.95. The Kier molecular flexibility index (Phi) is 5.32. The molecule has 0 saturated carbocycles. The molecule has 0 radical (unpaired) electrons. The van der Waals surface area contributed by atoms with Crippen LogP contribution in [0, 0.1) is 23.0 Å². The first-order chi connectivity index (χ1) is 10.5. The van der Waals surface area contributed by atoms with Crippen molar-refractivity contribution >= 4 is 17.3 Å². The molecule has 1 amide bonds. The van der Waals surface area contributed by atoms with Crippen molar-refractivity contribution in [3.8, 4) is 0 Å². The number of nitrogens with one attached hydrogen (secondary N) is 1. The van der Waals surface area contributed by atoms with E-state index in [9.17, 15) is 14.9 Å². The fourth-order valence-electron chi connectivity index (χ4n) is 2.79. The van der Waals surface area contributed by atoms with Gasteiger partial charge in [0.1, 0.15) is 5.69 Å². The number of benzene rings is 1. The van der Waals surface area contributed by atoms with Crippen molar-refractivity contribution in [1.29, 1.82) is 0 Å². The summed E-state index contributed by atoms with van der Waals surface area (Å²) in [5.74, 6) is -0.208. The molecule has 1 aliphatic rings. The number of hydrogen-bond donors (Lipinski definition) is 2. The second kappa shape index (κ2) is 7.22. The molecule has 22 heavy (non-hydrogen) atoms. The SMILES string of the molecule is Cc1ccc([N+](=O)[O-])c(N[C@@H](CC(N)=O)C2CCOCC2)c1. The molecule has 7 nitrogen and oxygen atoms in total. The molecule has 1 heterocycles. The van der Waals surface area contributed by atoms with Gasteiger partial charge in [-0.1, -0.05) is 6.07 Å². The van der Waals surface area contributed by atoms with Gasteiger partial charge in [-0.3, -0.25) is 14.9 Å². The van der Waals surface area contributed by atoms with E-state index in [0.29, 0.717) is 18.9 Å². The Morgan fingerprint density at radius 3 is 2.77 bits per heavy atom. The number of nitrogens with zero attached hydrogens (tertiary/aromatic N) is 1. The summed E-state index contributed by atoms with van der Waals surface area (Å²) in [6.45, 7) is 3.14. The smallest absolute Gasteiger partial charge is 0.292 e. The molecule has 0 aliphatic carbocycles. The molecule has 1 aliphatic heterocycles. The Labute approximate surface area is 129 Å². The van der Waals surface area contributed by atoms with E-state index in [-0.39, 0.29) is 24.1 Å². The highest BCUT2D eigenvalue weighted by Crippen LogP contribution is 2.30. The van der Waals surface area contributed by atoms with Gasteiger partial charge < -0.3 is 15.8 Å². The minimum Gasteiger partial charge on any atom is -0.381 e. The maximum atomic E-state index is 11.3. The number of primary amides is 1. The van der Waals surface area contributed by atoms with Gasteiger partial charge in [0.2, 0.25) is 5.91 Å². The van der Waals surface area contributed by atoms with Crippen LogP contribution in [0.3, 0.4) is 0 Å². The molecular weight excluding hydrogens is 286 g/mol. The molecule has 2 rings (SSSR count). The predicted molar refractivity (Wildman–Crippen MR) is 82.6 cm³/mol. The highest BCUT2D eigenvalue weighted by Gasteiger charge is 2.27. The van der Waals surface area contributed by atoms with Crippen molar-refractivity contribution in [3.63, 3.8) is 0 Å². The van der Waals surface area contributed by atoms with Gasteiger partial charge in [-0.05, 0) is 37.3 Å². The average Bonchev–Trinajstić information content (AvgIpc) is 2.47. The Balaban J connectivity index is 2.23. The van der Waals surface area contributed by atoms with E-state index in [0.717, 1.165) is 18.4 Å². The fourth-order valence-corrected chi connectivity index (χ4v) is 2.79. The van der Waals surface area contributed by atoms with E-state index in [1.165, 1.54) is 6.07 Å². The maximum Gasteiger partial charge on any atom is 0.292 e. The molecule has 120 valence electrons. The van der Waals surface area contributed by atoms with E-state index in [2.05, 4.69) is 5.32 Å². The van der Waals surface area contributed by atoms with Crippen molar-refractivity contribution in [2.45, 2.75) is 32.2 Å². The minimum absolute atomic E-state index is 0.00660. The summed E-state index contributed by atoms with van der Waals surface area (Å²) in [6.07, 6.45) is 1.77. The van der Waals surface area contributed by atoms with Crippen LogP contribution in [0.15, 0.2) is 18.2 Å². The Morgan fingerprint density at radius 2 is 2.18 bits per heavy atom. The molecule has 1 aromatic carbocycles. The van der Waals surface area contributed by atoms with Crippen LogP contribution < -0.4 is 11.1 Å². The molecule has 0 bridgehead atoms. The van der Waals surface area contributed by atoms with Crippen molar-refractivity contribution in [2.24, 2.45) is 11.7 Å². The maximum absolute atomic E-state index is 11.3. The molecular formula is C15H21N3O4. The highest BCUT2D eigenvalue weighted by molar-refractivity contribution is 5.75. The van der Waals surface area contributed by atoms with Gasteiger partial charge in [-0.25, -0.2) is 0 Å².